The van der Waals surface area contributed by atoms with Crippen LogP contribution in [0.2, 0.25) is 72.5 Å². The minimum absolute atomic E-state index is 0. The topological polar surface area (TPSA) is 548 Å². The largest absolute Gasteiger partial charge is 1.00 e. The molecule has 6 aliphatic heterocycles. The number of nitrogens with one attached hydrogen (secondary N) is 3. The maximum absolute atomic E-state index is 12.1. The number of hydrogen-bond acceptors (Lipinski definition) is 40. The van der Waals surface area contributed by atoms with Crippen LogP contribution in [0.3, 0.4) is 0 Å². The van der Waals surface area contributed by atoms with Crippen molar-refractivity contribution in [1.29, 1.82) is 0 Å². The van der Waals surface area contributed by atoms with Crippen molar-refractivity contribution >= 4 is 136 Å². The fourth-order valence-electron chi connectivity index (χ4n) is 18.2. The number of ether oxygens (including phenoxy) is 11. The number of imidazole rings is 4. The van der Waals surface area contributed by atoms with Crippen LogP contribution in [0.1, 0.15) is 158 Å². The van der Waals surface area contributed by atoms with Crippen LogP contribution in [-0.4, -0.2) is 339 Å². The number of likely N-dealkylation sites (N-methyl/N-ethyl adjacent to an activating group) is 2. The van der Waals surface area contributed by atoms with Crippen LogP contribution < -0.4 is 57.7 Å². The minimum Gasteiger partial charge on any atom is -1.00 e. The Hall–Kier alpha value is -6.91. The van der Waals surface area contributed by atoms with Gasteiger partial charge in [-0.25, -0.2) is 59.8 Å². The molecule has 6 saturated heterocycles. The van der Waals surface area contributed by atoms with E-state index < -0.39 is 75.9 Å². The molecule has 0 bridgehead atoms. The molecular formula is C86H152AlLiN24O20Si4. The average Bonchev–Trinajstić information content (AvgIpc) is 1.59. The molecule has 0 aliphatic carbocycles. The molecule has 756 valence electrons. The Balaban J connectivity index is 0.000000244. The van der Waals surface area contributed by atoms with E-state index >= 15 is 0 Å². The first kappa shape index (κ1) is 114. The zero-order chi connectivity index (χ0) is 97.6. The van der Waals surface area contributed by atoms with Crippen LogP contribution in [0.5, 0.6) is 0 Å². The summed E-state index contributed by atoms with van der Waals surface area (Å²) in [6, 6.07) is 12.2. The van der Waals surface area contributed by atoms with Gasteiger partial charge in [0.1, 0.15) is 121 Å². The Labute approximate surface area is 825 Å². The van der Waals surface area contributed by atoms with Crippen molar-refractivity contribution in [2.75, 3.05) is 116 Å². The minimum atomic E-state index is -2.08. The molecule has 0 spiro atoms. The van der Waals surface area contributed by atoms with Gasteiger partial charge in [-0.15, -0.1) is 0 Å². The molecule has 50 heteroatoms. The van der Waals surface area contributed by atoms with Gasteiger partial charge in [0.25, 0.3) is 0 Å². The molecular weight excluding hydrogens is 1840 g/mol. The van der Waals surface area contributed by atoms with Gasteiger partial charge >= 0.3 is 36.8 Å². The molecule has 0 saturated carbocycles. The predicted octanol–water partition coefficient (Wildman–Crippen LogP) is 3.75. The fraction of sp³-hybridized carbons (Fsp3) is 0.733. The first-order chi connectivity index (χ1) is 64.2. The van der Waals surface area contributed by atoms with Gasteiger partial charge in [-0.05, 0) is 135 Å². The van der Waals surface area contributed by atoms with Crippen LogP contribution in [-0.2, 0) is 84.2 Å². The Kier molecular flexibility index (Phi) is 43.9. The second-order valence-corrected chi connectivity index (χ2v) is 53.8. The molecule has 16 atom stereocenters. The number of nitrogens with zero attached hydrogens (tertiary/aromatic N) is 17. The smallest absolute Gasteiger partial charge is 1.00 e. The number of aliphatic hydroxyl groups is 2. The molecule has 136 heavy (non-hydrogen) atoms. The van der Waals surface area contributed by atoms with Crippen molar-refractivity contribution in [1.82, 2.24) is 98.9 Å². The number of nitrogens with two attached hydrogens (primary N) is 4. The van der Waals surface area contributed by atoms with Crippen LogP contribution in [0.4, 0.5) is 23.3 Å². The number of aromatic nitrogens is 16. The number of fused-ring (bicyclic) bond motifs is 6. The molecule has 44 nitrogen and oxygen atoms in total. The van der Waals surface area contributed by atoms with Crippen molar-refractivity contribution in [2.24, 2.45) is 0 Å². The van der Waals surface area contributed by atoms with E-state index in [0.717, 1.165) is 72.5 Å². The summed E-state index contributed by atoms with van der Waals surface area (Å²) in [6.07, 6.45) is 6.39. The normalized spacial score (nSPS) is 24.4. The second kappa shape index (κ2) is 52.2. The Morgan fingerprint density at radius 2 is 0.713 bits per heavy atom. The number of carbonyl (C=O) groups is 3. The number of aliphatic hydroxyl groups excluding tert-OH is 2. The van der Waals surface area contributed by atoms with Crippen molar-refractivity contribution < 1.29 is 115 Å². The second-order valence-electron chi connectivity index (χ2n) is 34.9. The zero-order valence-electron chi connectivity index (χ0n) is 84.0. The van der Waals surface area contributed by atoms with Gasteiger partial charge in [-0.3, -0.25) is 37.6 Å². The van der Waals surface area contributed by atoms with Crippen molar-refractivity contribution in [3.63, 3.8) is 0 Å². The summed E-state index contributed by atoms with van der Waals surface area (Å²) in [7, 11) is -4.61. The number of carbonyl (C=O) groups excluding carboxylic acids is 3. The number of rotatable bonds is 42. The van der Waals surface area contributed by atoms with E-state index in [4.69, 9.17) is 88.0 Å². The molecule has 6 aliphatic rings. The zero-order valence-corrected chi connectivity index (χ0v) is 87.0. The summed E-state index contributed by atoms with van der Waals surface area (Å²) < 4.78 is 101. The standard InChI is InChI=1S/C26H48N6O5Si2.C24H46N6O4Si2.C18H26N6O5.C13H17N5O4.C5H11NO2.Al.Li.4H/c1-8-34-20(33)16-28-15-19-22(36-38(9-2,10-3)11-4)23(37-39(12-5,13-6)14-7)26(35-19)32-18-31-21-24(27)29-17-30-25(21)32;1-7-35(8-2,9-3)33-20-18(15-26-13-14-31)32-24(21(20)34-36(10-4,11-5)12-6)30-17-29-19-22(25)27-16-28-23(19)30;1-5-26-11(25)7-23(4)6-10-13-14(29-18(2,3)28-13)17(27-10)24-9-22-12-15(19)20-8-21-16(12)24;1-13(2)21-8-6(3-19)20-12(9(8)22-13)18-5-17-7-10(14)15-4-16-11(7)18;1-3-8-5(7)4-6-2;;;;;;/h17-19,22-23,26,28H,8-16H2,1-7H3,(H2,27,29,30);16-18,20-21,24,26,31H,7-15H2,1-6H3,(H2,25,27,28);8-10,13-14,17H,5-7H2,1-4H3,(H2,19,20,21);4-6,8-9,12,19H,3H2,1-2H3,(H2,14,15,16);6H,3-4H2,1-2H3;;;;;;/q;;;;;;+1;;;;-1/t19-,22?,23+,26-;18-,20?,21+,24-;10-,13?,14+,17-;6-,8?,9+,12-;;;;;;;/m1111......./s1. The summed E-state index contributed by atoms with van der Waals surface area (Å²) in [5.74, 6) is -0.972. The maximum Gasteiger partial charge on any atom is 1.00 e. The van der Waals surface area contributed by atoms with Crippen molar-refractivity contribution in [3.8, 4) is 0 Å². The number of anilines is 4. The van der Waals surface area contributed by atoms with E-state index in [0.29, 0.717) is 120 Å². The molecule has 14 heterocycles. The molecule has 6 fully saturated rings. The first-order valence-electron chi connectivity index (χ1n) is 47.4. The molecule has 13 N–H and O–H groups in total. The Bertz CT molecular complexity index is 5000. The van der Waals surface area contributed by atoms with Crippen LogP contribution >= 0.6 is 0 Å². The van der Waals surface area contributed by atoms with Gasteiger partial charge in [-0.2, -0.15) is 0 Å². The summed E-state index contributed by atoms with van der Waals surface area (Å²) in [6.45, 7) is 43.2. The van der Waals surface area contributed by atoms with Crippen molar-refractivity contribution in [3.05, 3.63) is 50.6 Å². The van der Waals surface area contributed by atoms with Crippen LogP contribution in [0, 0.1) is 0 Å². The summed E-state index contributed by atoms with van der Waals surface area (Å²) in [5, 5.41) is 28.1. The third-order valence-corrected chi connectivity index (χ3v) is 44.9. The van der Waals surface area contributed by atoms with Crippen molar-refractivity contribution in [2.45, 2.75) is 314 Å². The van der Waals surface area contributed by atoms with Crippen LogP contribution in [0.15, 0.2) is 50.6 Å². The molecule has 0 radical (unpaired) electrons. The SMILES string of the molecule is CC1(C)OC2[C@@H](CO)O[C@@H](n3cnc4c(N)ncnc43)[C@H]2O1.CCOC(=O)CN(C)C[C@H]1O[C@@H](n2cnc3c(N)ncnc32)[C@H]2OC(C)(C)OC12.CCOC(=O)CNC.CCOC(=O)CNC[C@H]1O[C@@H](n2cnc3c(N)ncnc32)[C@@H](O[Si](CC)(CC)CC)C1O[Si](CC)(CC)CC.CC[Si](CC)(CC)OC1[C@@H](CNCCO)O[C@@H](n2cnc3c(N)ncnc32)[C@H]1O[Si](CC)(CC)CC.[AlH3].[H-].[Li+]. The number of esters is 3. The molecule has 8 aromatic rings. The van der Waals surface area contributed by atoms with Gasteiger partial charge in [0, 0.05) is 26.2 Å². The summed E-state index contributed by atoms with van der Waals surface area (Å²) >= 11 is 0. The Morgan fingerprint density at radius 1 is 0.419 bits per heavy atom. The first-order valence-corrected chi connectivity index (χ1v) is 57.5. The molecule has 4 unspecified atom stereocenters. The summed E-state index contributed by atoms with van der Waals surface area (Å²) in [5.41, 5.74) is 28.4. The van der Waals surface area contributed by atoms with E-state index in [1.54, 1.807) is 62.3 Å². The maximum atomic E-state index is 12.1. The average molecular weight is 1990 g/mol. The third kappa shape index (κ3) is 26.9. The van der Waals surface area contributed by atoms with E-state index in [1.807, 2.05) is 48.8 Å². The van der Waals surface area contributed by atoms with Gasteiger partial charge in [0.05, 0.1) is 78.0 Å². The van der Waals surface area contributed by atoms with E-state index in [-0.39, 0.29) is 149 Å². The van der Waals surface area contributed by atoms with Gasteiger partial charge < -0.3 is 120 Å². The molecule has 8 aromatic heterocycles. The third-order valence-electron chi connectivity index (χ3n) is 26.3. The Morgan fingerprint density at radius 3 is 1.04 bits per heavy atom. The quantitative estimate of drug-likeness (QED) is 0.0114. The van der Waals surface area contributed by atoms with E-state index in [1.165, 1.54) is 25.3 Å². The van der Waals surface area contributed by atoms with Crippen LogP contribution in [0.25, 0.3) is 44.7 Å². The van der Waals surface area contributed by atoms with Gasteiger partial charge in [0.15, 0.2) is 133 Å². The number of nitrogen functional groups attached to an aromatic ring is 4. The predicted molar refractivity (Wildman–Crippen MR) is 523 cm³/mol. The molecule has 0 aromatic carbocycles. The van der Waals surface area contributed by atoms with E-state index in [2.05, 4.69) is 164 Å². The molecule has 14 rings (SSSR count). The number of hydrogen-bond donors (Lipinski definition) is 9. The summed E-state index contributed by atoms with van der Waals surface area (Å²) in [4.78, 5) is 87.2. The monoisotopic (exact) mass is 1990 g/mol. The fourth-order valence-corrected chi connectivity index (χ4v) is 29.6. The van der Waals surface area contributed by atoms with Gasteiger partial charge in [-0.1, -0.05) is 83.1 Å². The van der Waals surface area contributed by atoms with E-state index in [9.17, 15) is 24.6 Å². The van der Waals surface area contributed by atoms with Gasteiger partial charge in [0.2, 0.25) is 0 Å². The molecule has 0 amide bonds.